The summed E-state index contributed by atoms with van der Waals surface area (Å²) in [4.78, 5) is 49.0. The fourth-order valence-corrected chi connectivity index (χ4v) is 3.94. The summed E-state index contributed by atoms with van der Waals surface area (Å²) in [6.07, 6.45) is 4.23. The molecule has 0 radical (unpaired) electrons. The van der Waals surface area contributed by atoms with Gasteiger partial charge in [0.15, 0.2) is 0 Å². The van der Waals surface area contributed by atoms with Crippen LogP contribution in [0.15, 0.2) is 97.5 Å². The third-order valence-electron chi connectivity index (χ3n) is 5.69. The zero-order valence-electron chi connectivity index (χ0n) is 21.0. The molecule has 0 saturated heterocycles. The highest BCUT2D eigenvalue weighted by Gasteiger charge is 2.34. The average molecular weight is 510 g/mol. The first-order chi connectivity index (χ1) is 18.5. The SMILES string of the molecule is COc1ccc([C@H](C(=O)NCc2ccccc2)N(C(=O)c2cnccn2)c2cccc(NC(C)=O)c2)cc1. The van der Waals surface area contributed by atoms with Crippen molar-refractivity contribution in [1.82, 2.24) is 15.3 Å². The lowest BCUT2D eigenvalue weighted by Gasteiger charge is -2.31. The van der Waals surface area contributed by atoms with Crippen LogP contribution in [0.3, 0.4) is 0 Å². The Morgan fingerprint density at radius 2 is 1.71 bits per heavy atom. The van der Waals surface area contributed by atoms with E-state index in [1.54, 1.807) is 55.6 Å². The first-order valence-corrected chi connectivity index (χ1v) is 11.9. The van der Waals surface area contributed by atoms with Crippen LogP contribution in [0.1, 0.15) is 34.6 Å². The van der Waals surface area contributed by atoms with E-state index in [9.17, 15) is 14.4 Å². The molecule has 9 nitrogen and oxygen atoms in total. The van der Waals surface area contributed by atoms with Crippen molar-refractivity contribution in [3.05, 3.63) is 114 Å². The van der Waals surface area contributed by atoms with Crippen molar-refractivity contribution in [2.45, 2.75) is 19.5 Å². The molecule has 3 amide bonds. The predicted molar refractivity (Wildman–Crippen MR) is 144 cm³/mol. The van der Waals surface area contributed by atoms with E-state index in [-0.39, 0.29) is 18.1 Å². The van der Waals surface area contributed by atoms with E-state index in [2.05, 4.69) is 20.6 Å². The van der Waals surface area contributed by atoms with Crippen molar-refractivity contribution in [3.8, 4) is 5.75 Å². The second-order valence-electron chi connectivity index (χ2n) is 8.38. The van der Waals surface area contributed by atoms with Gasteiger partial charge < -0.3 is 15.4 Å². The first-order valence-electron chi connectivity index (χ1n) is 11.9. The summed E-state index contributed by atoms with van der Waals surface area (Å²) in [7, 11) is 1.55. The van der Waals surface area contributed by atoms with Crippen molar-refractivity contribution < 1.29 is 19.1 Å². The maximum Gasteiger partial charge on any atom is 0.279 e. The van der Waals surface area contributed by atoms with Gasteiger partial charge >= 0.3 is 0 Å². The smallest absolute Gasteiger partial charge is 0.279 e. The van der Waals surface area contributed by atoms with Gasteiger partial charge in [0.2, 0.25) is 11.8 Å². The van der Waals surface area contributed by atoms with Gasteiger partial charge in [-0.15, -0.1) is 0 Å². The maximum atomic E-state index is 13.9. The van der Waals surface area contributed by atoms with Crippen molar-refractivity contribution in [2.75, 3.05) is 17.3 Å². The fourth-order valence-electron chi connectivity index (χ4n) is 3.94. The quantitative estimate of drug-likeness (QED) is 0.351. The second kappa shape index (κ2) is 12.3. The molecule has 4 rings (SSSR count). The molecule has 0 bridgehead atoms. The second-order valence-corrected chi connectivity index (χ2v) is 8.38. The lowest BCUT2D eigenvalue weighted by atomic mass is 10.0. The van der Waals surface area contributed by atoms with Crippen LogP contribution in [-0.4, -0.2) is 34.8 Å². The van der Waals surface area contributed by atoms with Crippen LogP contribution in [0.5, 0.6) is 5.75 Å². The molecule has 0 aliphatic carbocycles. The Morgan fingerprint density at radius 1 is 0.947 bits per heavy atom. The highest BCUT2D eigenvalue weighted by Crippen LogP contribution is 2.32. The molecule has 9 heteroatoms. The number of aromatic nitrogens is 2. The summed E-state index contributed by atoms with van der Waals surface area (Å²) >= 11 is 0. The van der Waals surface area contributed by atoms with Crippen LogP contribution in [0.2, 0.25) is 0 Å². The van der Waals surface area contributed by atoms with Gasteiger partial charge in [-0.05, 0) is 41.5 Å². The first kappa shape index (κ1) is 26.0. The molecule has 1 aromatic heterocycles. The van der Waals surface area contributed by atoms with Gasteiger partial charge in [0.1, 0.15) is 17.5 Å². The van der Waals surface area contributed by atoms with Crippen LogP contribution in [0, 0.1) is 0 Å². The number of hydrogen-bond donors (Lipinski definition) is 2. The number of methoxy groups -OCH3 is 1. The Morgan fingerprint density at radius 3 is 2.37 bits per heavy atom. The minimum atomic E-state index is -1.08. The maximum absolute atomic E-state index is 13.9. The van der Waals surface area contributed by atoms with E-state index >= 15 is 0 Å². The zero-order valence-corrected chi connectivity index (χ0v) is 21.0. The Kier molecular flexibility index (Phi) is 8.40. The molecule has 0 aliphatic heterocycles. The number of amides is 3. The number of rotatable bonds is 9. The summed E-state index contributed by atoms with van der Waals surface area (Å²) in [5.41, 5.74) is 2.40. The average Bonchev–Trinajstić information content (AvgIpc) is 2.95. The number of carbonyl (C=O) groups excluding carboxylic acids is 3. The molecule has 192 valence electrons. The minimum Gasteiger partial charge on any atom is -0.497 e. The van der Waals surface area contributed by atoms with E-state index in [4.69, 9.17) is 4.74 Å². The van der Waals surface area contributed by atoms with E-state index in [0.717, 1.165) is 5.56 Å². The molecule has 1 heterocycles. The zero-order chi connectivity index (χ0) is 26.9. The molecule has 3 aromatic carbocycles. The number of nitrogens with one attached hydrogen (secondary N) is 2. The van der Waals surface area contributed by atoms with E-state index < -0.39 is 17.9 Å². The van der Waals surface area contributed by atoms with Gasteiger partial charge in [0.05, 0.1) is 13.3 Å². The topological polar surface area (TPSA) is 114 Å². The molecular weight excluding hydrogens is 482 g/mol. The normalized spacial score (nSPS) is 11.2. The van der Waals surface area contributed by atoms with Crippen LogP contribution >= 0.6 is 0 Å². The van der Waals surface area contributed by atoms with Gasteiger partial charge in [-0.25, -0.2) is 4.98 Å². The number of anilines is 2. The van der Waals surface area contributed by atoms with Gasteiger partial charge in [0.25, 0.3) is 5.91 Å². The van der Waals surface area contributed by atoms with Crippen molar-refractivity contribution in [3.63, 3.8) is 0 Å². The van der Waals surface area contributed by atoms with Crippen molar-refractivity contribution >= 4 is 29.1 Å². The predicted octanol–water partition coefficient (Wildman–Crippen LogP) is 4.15. The number of benzene rings is 3. The van der Waals surface area contributed by atoms with Crippen LogP contribution < -0.4 is 20.3 Å². The van der Waals surface area contributed by atoms with Crippen LogP contribution in [-0.2, 0) is 16.1 Å². The summed E-state index contributed by atoms with van der Waals surface area (Å²) < 4.78 is 5.29. The van der Waals surface area contributed by atoms with Crippen LogP contribution in [0.4, 0.5) is 11.4 Å². The molecular formula is C29H27N5O4. The van der Waals surface area contributed by atoms with E-state index in [0.29, 0.717) is 22.7 Å². The molecule has 38 heavy (non-hydrogen) atoms. The Labute approximate surface area is 220 Å². The third-order valence-corrected chi connectivity index (χ3v) is 5.69. The van der Waals surface area contributed by atoms with Crippen LogP contribution in [0.25, 0.3) is 0 Å². The Balaban J connectivity index is 1.81. The van der Waals surface area contributed by atoms with Gasteiger partial charge in [-0.3, -0.25) is 24.3 Å². The van der Waals surface area contributed by atoms with E-state index in [1.165, 1.54) is 30.4 Å². The third kappa shape index (κ3) is 6.38. The molecule has 0 saturated carbocycles. The molecule has 0 aliphatic rings. The monoisotopic (exact) mass is 509 g/mol. The molecule has 1 atom stereocenters. The van der Waals surface area contributed by atoms with Gasteiger partial charge in [-0.1, -0.05) is 48.5 Å². The van der Waals surface area contributed by atoms with Gasteiger partial charge in [-0.2, -0.15) is 0 Å². The molecule has 0 spiro atoms. The lowest BCUT2D eigenvalue weighted by molar-refractivity contribution is -0.122. The minimum absolute atomic E-state index is 0.0619. The summed E-state index contributed by atoms with van der Waals surface area (Å²) in [6.45, 7) is 1.66. The summed E-state index contributed by atoms with van der Waals surface area (Å²) in [6, 6.07) is 22.1. The number of carbonyl (C=O) groups is 3. The summed E-state index contributed by atoms with van der Waals surface area (Å²) in [5, 5.41) is 5.69. The largest absolute Gasteiger partial charge is 0.497 e. The number of hydrogen-bond acceptors (Lipinski definition) is 6. The Bertz CT molecular complexity index is 1400. The standard InChI is InChI=1S/C29H27N5O4/c1-20(35)33-23-9-6-10-24(17-23)34(29(37)26-19-30-15-16-31-26)27(22-11-13-25(38-2)14-12-22)28(36)32-18-21-7-4-3-5-8-21/h3-17,19,27H,18H2,1-2H3,(H,32,36)(H,33,35)/t27-/m1/s1. The molecule has 0 fully saturated rings. The highest BCUT2D eigenvalue weighted by molar-refractivity contribution is 6.09. The molecule has 4 aromatic rings. The fraction of sp³-hybridized carbons (Fsp3) is 0.138. The van der Waals surface area contributed by atoms with Crippen molar-refractivity contribution in [2.24, 2.45) is 0 Å². The van der Waals surface area contributed by atoms with Crippen molar-refractivity contribution in [1.29, 1.82) is 0 Å². The highest BCUT2D eigenvalue weighted by atomic mass is 16.5. The van der Waals surface area contributed by atoms with E-state index in [1.807, 2.05) is 30.3 Å². The number of nitrogens with zero attached hydrogens (tertiary/aromatic N) is 3. The molecule has 2 N–H and O–H groups in total. The lowest BCUT2D eigenvalue weighted by Crippen LogP contribution is -2.44. The summed E-state index contributed by atoms with van der Waals surface area (Å²) in [5.74, 6) is -0.590. The molecule has 0 unspecified atom stereocenters. The Hall–Kier alpha value is -5.05. The number of ether oxygens (including phenoxy) is 1. The van der Waals surface area contributed by atoms with Gasteiger partial charge in [0, 0.05) is 37.2 Å².